The number of methoxy groups -OCH3 is 1. The van der Waals surface area contributed by atoms with E-state index in [0.717, 1.165) is 70.8 Å². The van der Waals surface area contributed by atoms with Gasteiger partial charge in [0, 0.05) is 101 Å². The first-order valence-corrected chi connectivity index (χ1v) is 20.6. The molecule has 3 amide bonds. The number of piperazine rings is 1. The van der Waals surface area contributed by atoms with Gasteiger partial charge in [-0.1, -0.05) is 20.8 Å². The van der Waals surface area contributed by atoms with Crippen LogP contribution in [0.1, 0.15) is 84.0 Å². The van der Waals surface area contributed by atoms with Crippen LogP contribution < -0.4 is 26.3 Å². The Bertz CT molecular complexity index is 2040. The number of rotatable bonds is 7. The largest absolute Gasteiger partial charge is 0.464 e. The van der Waals surface area contributed by atoms with Crippen LogP contribution in [0.25, 0.3) is 33.5 Å². The Kier molecular flexibility index (Phi) is 16.1. The van der Waals surface area contributed by atoms with Crippen LogP contribution in [0.4, 0.5) is 10.5 Å². The van der Waals surface area contributed by atoms with Gasteiger partial charge in [0.15, 0.2) is 5.82 Å². The quantitative estimate of drug-likeness (QED) is 0.112. The number of esters is 1. The molecule has 59 heavy (non-hydrogen) atoms. The molecule has 0 radical (unpaired) electrons. The van der Waals surface area contributed by atoms with Gasteiger partial charge in [0.05, 0.1) is 36.0 Å². The molecule has 0 aliphatic carbocycles. The average molecular weight is 983 g/mol. The van der Waals surface area contributed by atoms with Crippen molar-refractivity contribution in [2.24, 2.45) is 5.41 Å². The van der Waals surface area contributed by atoms with Crippen LogP contribution in [0, 0.1) is 11.8 Å². The van der Waals surface area contributed by atoms with Crippen molar-refractivity contribution in [1.82, 2.24) is 51.5 Å². The Hall–Kier alpha value is -4.37. The Morgan fingerprint density at radius 1 is 1.15 bits per heavy atom. The van der Waals surface area contributed by atoms with Crippen LogP contribution >= 0.6 is 0 Å². The molecule has 6 bridgehead atoms. The molecule has 0 saturated carbocycles. The van der Waals surface area contributed by atoms with Crippen molar-refractivity contribution in [2.75, 3.05) is 57.9 Å². The fourth-order valence-corrected chi connectivity index (χ4v) is 7.48. The zero-order valence-electron chi connectivity index (χ0n) is 35.4. The Morgan fingerprint density at radius 2 is 1.92 bits per heavy atom. The zero-order chi connectivity index (χ0) is 41.4. The van der Waals surface area contributed by atoms with Crippen molar-refractivity contribution in [3.63, 3.8) is 0 Å². The molecule has 320 valence electrons. The minimum Gasteiger partial charge on any atom is -0.464 e. The van der Waals surface area contributed by atoms with E-state index in [0.29, 0.717) is 44.0 Å². The van der Waals surface area contributed by atoms with Crippen LogP contribution in [-0.4, -0.2) is 113 Å². The predicted octanol–water partition coefficient (Wildman–Crippen LogP) is 4.60. The molecule has 3 aliphatic rings. The summed E-state index contributed by atoms with van der Waals surface area (Å²) >= 11 is 0. The standard InChI is InChI=1S/C38H51N11O5.C4H9.W/c1-6-40-37(52)43-30-18-31-44-34(46-45-31)23-9-10-28-25(16-23)27(19-38(3,4)21-54-36(51)29-8-7-13-49(47-29)35(30)50)33(42-28)26-17-24(48-14-11-39-12-15-48)20-41-32(26)22(2)53-5;1-3-4-2;/h9-10,16-17,20,22,29-30,39,42,47H,6-8,11-15,18-19,21H2,1-5H3,(H2,40,43,52)(H,44,45,46);3H,4H2,1-2H3;/q;-1;. The van der Waals surface area contributed by atoms with E-state index in [2.05, 4.69) is 87.7 Å². The number of benzene rings is 1. The summed E-state index contributed by atoms with van der Waals surface area (Å²) in [5.41, 5.74) is 9.07. The number of aromatic amines is 2. The fourth-order valence-electron chi connectivity index (χ4n) is 7.48. The first-order valence-electron chi connectivity index (χ1n) is 20.6. The van der Waals surface area contributed by atoms with Crippen LogP contribution in [-0.2, 0) is 53.0 Å². The maximum absolute atomic E-state index is 13.9. The number of carbonyl (C=O) groups is 3. The van der Waals surface area contributed by atoms with E-state index in [4.69, 9.17) is 19.4 Å². The number of nitrogens with one attached hydrogen (secondary N) is 6. The number of unbranched alkanes of at least 4 members (excludes halogenated alkanes) is 1. The second kappa shape index (κ2) is 20.7. The first-order chi connectivity index (χ1) is 27.9. The fraction of sp³-hybridized carbons (Fsp3) is 0.548. The van der Waals surface area contributed by atoms with Gasteiger partial charge in [-0.15, -0.1) is 0 Å². The molecule has 3 aromatic heterocycles. The summed E-state index contributed by atoms with van der Waals surface area (Å²) < 4.78 is 11.9. The molecule has 17 heteroatoms. The summed E-state index contributed by atoms with van der Waals surface area (Å²) in [6, 6.07) is 6.09. The zero-order valence-corrected chi connectivity index (χ0v) is 38.3. The van der Waals surface area contributed by atoms with Crippen molar-refractivity contribution >= 4 is 34.5 Å². The molecular weight excluding hydrogens is 922 g/mol. The number of fused-ring (bicyclic) bond motifs is 6. The second-order valence-corrected chi connectivity index (χ2v) is 15.9. The number of pyridine rings is 1. The Morgan fingerprint density at radius 3 is 2.63 bits per heavy atom. The molecular formula is C42H60N11O5W-. The van der Waals surface area contributed by atoms with E-state index in [9.17, 15) is 14.4 Å². The number of carbonyl (C=O) groups excluding carboxylic acids is 3. The number of urea groups is 1. The smallest absolute Gasteiger partial charge is 0.324 e. The van der Waals surface area contributed by atoms with Crippen molar-refractivity contribution in [2.45, 2.75) is 91.8 Å². The van der Waals surface area contributed by atoms with E-state index < -0.39 is 29.5 Å². The molecule has 16 nitrogen and oxygen atoms in total. The molecule has 2 fully saturated rings. The minimum atomic E-state index is -0.979. The van der Waals surface area contributed by atoms with E-state index in [1.807, 2.05) is 25.3 Å². The third-order valence-electron chi connectivity index (χ3n) is 10.8. The van der Waals surface area contributed by atoms with Gasteiger partial charge in [-0.25, -0.2) is 15.2 Å². The Labute approximate surface area is 361 Å². The molecule has 6 N–H and O–H groups in total. The number of cyclic esters (lactones) is 1. The van der Waals surface area contributed by atoms with E-state index in [-0.39, 0.29) is 46.1 Å². The van der Waals surface area contributed by atoms with Crippen molar-refractivity contribution < 1.29 is 44.9 Å². The minimum absolute atomic E-state index is 0. The number of anilines is 1. The average Bonchev–Trinajstić information content (AvgIpc) is 3.86. The summed E-state index contributed by atoms with van der Waals surface area (Å²) in [7, 11) is 1.69. The maximum atomic E-state index is 13.9. The molecule has 3 unspecified atom stereocenters. The number of nitrogens with zero attached hydrogens (tertiary/aromatic N) is 5. The number of aromatic nitrogens is 5. The molecule has 3 aliphatic heterocycles. The number of ether oxygens (including phenoxy) is 2. The predicted molar refractivity (Wildman–Crippen MR) is 224 cm³/mol. The van der Waals surface area contributed by atoms with Gasteiger partial charge in [-0.05, 0) is 62.9 Å². The van der Waals surface area contributed by atoms with Gasteiger partial charge in [-0.2, -0.15) is 18.4 Å². The van der Waals surface area contributed by atoms with E-state index in [1.165, 1.54) is 11.4 Å². The van der Waals surface area contributed by atoms with Gasteiger partial charge >= 0.3 is 12.0 Å². The second-order valence-electron chi connectivity index (χ2n) is 15.9. The summed E-state index contributed by atoms with van der Waals surface area (Å²) in [5, 5.41) is 18.8. The summed E-state index contributed by atoms with van der Waals surface area (Å²) in [4.78, 5) is 56.0. The first kappa shape index (κ1) is 45.7. The topological polar surface area (TPSA) is 195 Å². The molecule has 1 aromatic carbocycles. The summed E-state index contributed by atoms with van der Waals surface area (Å²) in [6.45, 7) is 16.6. The normalized spacial score (nSPS) is 20.1. The molecule has 4 aromatic rings. The van der Waals surface area contributed by atoms with E-state index in [1.54, 1.807) is 14.0 Å². The van der Waals surface area contributed by atoms with Crippen LogP contribution in [0.5, 0.6) is 0 Å². The monoisotopic (exact) mass is 982 g/mol. The molecule has 2 saturated heterocycles. The number of H-pyrrole nitrogens is 2. The SMILES string of the molecule is CCNC(=O)NC1Cc2nc(n[nH]2)-c2ccc3[nH]c(-c4cc(N5CCNCC5)cnc4C(C)OC)c(c3c2)CC(C)(C)COC(=O)C2CCCN(N2)C1=O.C[CH-]CC.[W]. The van der Waals surface area contributed by atoms with Gasteiger partial charge in [0.1, 0.15) is 17.9 Å². The Balaban J connectivity index is 0.00000127. The van der Waals surface area contributed by atoms with Crippen molar-refractivity contribution in [1.29, 1.82) is 0 Å². The third kappa shape index (κ3) is 11.1. The van der Waals surface area contributed by atoms with Crippen molar-refractivity contribution in [3.05, 3.63) is 54.0 Å². The van der Waals surface area contributed by atoms with Crippen LogP contribution in [0.3, 0.4) is 0 Å². The summed E-state index contributed by atoms with van der Waals surface area (Å²) in [6.07, 6.45) is 6.70. The van der Waals surface area contributed by atoms with Gasteiger partial charge < -0.3 is 41.7 Å². The summed E-state index contributed by atoms with van der Waals surface area (Å²) in [5.74, 6) is 0.0767. The number of hydrogen-bond donors (Lipinski definition) is 6. The third-order valence-corrected chi connectivity index (χ3v) is 10.8. The number of hydrogen-bond acceptors (Lipinski definition) is 11. The molecule has 0 spiro atoms. The van der Waals surface area contributed by atoms with Crippen molar-refractivity contribution in [3.8, 4) is 22.6 Å². The van der Waals surface area contributed by atoms with Crippen LogP contribution in [0.15, 0.2) is 30.5 Å². The van der Waals surface area contributed by atoms with Gasteiger partial charge in [0.25, 0.3) is 5.91 Å². The maximum Gasteiger partial charge on any atom is 0.324 e. The van der Waals surface area contributed by atoms with E-state index >= 15 is 0 Å². The number of hydrazine groups is 1. The van der Waals surface area contributed by atoms with Gasteiger partial charge in [0.2, 0.25) is 0 Å². The molecule has 3 atom stereocenters. The molecule has 6 heterocycles. The van der Waals surface area contributed by atoms with Gasteiger partial charge in [-0.3, -0.25) is 24.7 Å². The molecule has 7 rings (SSSR count). The van der Waals surface area contributed by atoms with Crippen LogP contribution in [0.2, 0.25) is 0 Å². The number of amides is 3.